The Bertz CT molecular complexity index is 177. The minimum atomic E-state index is -0.460. The van der Waals surface area contributed by atoms with Crippen LogP contribution in [-0.2, 0) is 0 Å². The molecule has 0 aliphatic carbocycles. The van der Waals surface area contributed by atoms with E-state index in [0.29, 0.717) is 6.04 Å². The summed E-state index contributed by atoms with van der Waals surface area (Å²) in [6, 6.07) is 0.650. The third kappa shape index (κ3) is 3.76. The van der Waals surface area contributed by atoms with E-state index >= 15 is 0 Å². The van der Waals surface area contributed by atoms with Crippen molar-refractivity contribution in [2.75, 3.05) is 13.1 Å². The Hall–Kier alpha value is -0.0800. The maximum atomic E-state index is 10.3. The predicted octanol–water partition coefficient (Wildman–Crippen LogP) is 2.80. The lowest BCUT2D eigenvalue weighted by Gasteiger charge is -2.35. The maximum Gasteiger partial charge on any atom is 0.0769 e. The first kappa shape index (κ1) is 13.0. The molecule has 1 aliphatic rings. The first-order chi connectivity index (χ1) is 7.11. The van der Waals surface area contributed by atoms with Gasteiger partial charge in [0.25, 0.3) is 0 Å². The van der Waals surface area contributed by atoms with Crippen molar-refractivity contribution in [3.8, 4) is 0 Å². The fourth-order valence-electron chi connectivity index (χ4n) is 2.42. The molecule has 0 aromatic heterocycles. The highest BCUT2D eigenvalue weighted by molar-refractivity contribution is 4.83. The van der Waals surface area contributed by atoms with Crippen molar-refractivity contribution < 1.29 is 5.11 Å². The molecule has 1 saturated heterocycles. The van der Waals surface area contributed by atoms with Crippen molar-refractivity contribution in [2.45, 2.75) is 70.9 Å². The van der Waals surface area contributed by atoms with Gasteiger partial charge in [-0.05, 0) is 39.2 Å². The van der Waals surface area contributed by atoms with Gasteiger partial charge in [-0.1, -0.05) is 26.7 Å². The molecule has 90 valence electrons. The van der Waals surface area contributed by atoms with E-state index in [-0.39, 0.29) is 0 Å². The van der Waals surface area contributed by atoms with Gasteiger partial charge in [0, 0.05) is 12.6 Å². The van der Waals surface area contributed by atoms with Crippen LogP contribution in [0.4, 0.5) is 0 Å². The zero-order valence-electron chi connectivity index (χ0n) is 10.6. The van der Waals surface area contributed by atoms with Gasteiger partial charge in [0.05, 0.1) is 5.60 Å². The molecule has 0 aromatic carbocycles. The van der Waals surface area contributed by atoms with Crippen molar-refractivity contribution >= 4 is 0 Å². The topological polar surface area (TPSA) is 23.5 Å². The van der Waals surface area contributed by atoms with Gasteiger partial charge in [0.15, 0.2) is 0 Å². The van der Waals surface area contributed by atoms with Crippen LogP contribution in [-0.4, -0.2) is 34.7 Å². The summed E-state index contributed by atoms with van der Waals surface area (Å²) >= 11 is 0. The van der Waals surface area contributed by atoms with Gasteiger partial charge in [0.2, 0.25) is 0 Å². The van der Waals surface area contributed by atoms with Gasteiger partial charge < -0.3 is 5.11 Å². The van der Waals surface area contributed by atoms with Crippen LogP contribution in [0.25, 0.3) is 0 Å². The molecule has 15 heavy (non-hydrogen) atoms. The van der Waals surface area contributed by atoms with E-state index in [1.54, 1.807) is 0 Å². The zero-order chi connectivity index (χ0) is 11.3. The molecule has 2 nitrogen and oxygen atoms in total. The highest BCUT2D eigenvalue weighted by Crippen LogP contribution is 2.22. The molecule has 0 bridgehead atoms. The number of hydrogen-bond acceptors (Lipinski definition) is 2. The van der Waals surface area contributed by atoms with Crippen LogP contribution < -0.4 is 0 Å². The number of likely N-dealkylation sites (tertiary alicyclic amines) is 1. The number of aliphatic hydroxyl groups is 1. The third-order valence-corrected chi connectivity index (χ3v) is 4.00. The van der Waals surface area contributed by atoms with Gasteiger partial charge in [-0.3, -0.25) is 4.90 Å². The molecule has 0 saturated carbocycles. The zero-order valence-corrected chi connectivity index (χ0v) is 10.6. The van der Waals surface area contributed by atoms with E-state index in [1.807, 2.05) is 0 Å². The summed E-state index contributed by atoms with van der Waals surface area (Å²) in [7, 11) is 0. The molecular weight excluding hydrogens is 186 g/mol. The molecule has 0 spiro atoms. The first-order valence-electron chi connectivity index (χ1n) is 6.57. The smallest absolute Gasteiger partial charge is 0.0769 e. The number of hydrogen-bond donors (Lipinski definition) is 1. The van der Waals surface area contributed by atoms with Crippen LogP contribution in [0.1, 0.15) is 59.3 Å². The fraction of sp³-hybridized carbons (Fsp3) is 1.00. The molecule has 1 fully saturated rings. The van der Waals surface area contributed by atoms with Gasteiger partial charge >= 0.3 is 0 Å². The average molecular weight is 213 g/mol. The minimum Gasteiger partial charge on any atom is -0.389 e. The molecule has 1 heterocycles. The molecule has 0 aromatic rings. The van der Waals surface area contributed by atoms with Gasteiger partial charge in [0.1, 0.15) is 0 Å². The van der Waals surface area contributed by atoms with Crippen LogP contribution >= 0.6 is 0 Å². The standard InChI is InChI=1S/C13H27NO/c1-4-13(15,5-2)11-14-10-8-6-7-9-12(14)3/h12,15H,4-11H2,1-3H3. The Morgan fingerprint density at radius 2 is 1.87 bits per heavy atom. The Morgan fingerprint density at radius 3 is 2.47 bits per heavy atom. The van der Waals surface area contributed by atoms with Crippen molar-refractivity contribution in [1.82, 2.24) is 4.90 Å². The second-order valence-electron chi connectivity index (χ2n) is 5.10. The second kappa shape index (κ2) is 5.86. The van der Waals surface area contributed by atoms with E-state index < -0.39 is 5.60 Å². The van der Waals surface area contributed by atoms with Crippen LogP contribution in [0.15, 0.2) is 0 Å². The average Bonchev–Trinajstić information content (AvgIpc) is 2.44. The second-order valence-corrected chi connectivity index (χ2v) is 5.10. The van der Waals surface area contributed by atoms with E-state index in [9.17, 15) is 5.11 Å². The normalized spacial score (nSPS) is 25.2. The van der Waals surface area contributed by atoms with Gasteiger partial charge in [-0.25, -0.2) is 0 Å². The van der Waals surface area contributed by atoms with Crippen molar-refractivity contribution in [1.29, 1.82) is 0 Å². The van der Waals surface area contributed by atoms with Crippen molar-refractivity contribution in [3.63, 3.8) is 0 Å². The van der Waals surface area contributed by atoms with E-state index in [1.165, 1.54) is 32.2 Å². The molecule has 0 radical (unpaired) electrons. The van der Waals surface area contributed by atoms with E-state index in [0.717, 1.165) is 19.4 Å². The number of nitrogens with zero attached hydrogens (tertiary/aromatic N) is 1. The summed E-state index contributed by atoms with van der Waals surface area (Å²) in [4.78, 5) is 2.49. The molecule has 0 amide bonds. The SMILES string of the molecule is CCC(O)(CC)CN1CCCCCC1C. The van der Waals surface area contributed by atoms with Gasteiger partial charge in [-0.15, -0.1) is 0 Å². The Morgan fingerprint density at radius 1 is 1.20 bits per heavy atom. The van der Waals surface area contributed by atoms with Crippen molar-refractivity contribution in [3.05, 3.63) is 0 Å². The fourth-order valence-corrected chi connectivity index (χ4v) is 2.42. The lowest BCUT2D eigenvalue weighted by Crippen LogP contribution is -2.45. The molecule has 1 unspecified atom stereocenters. The number of β-amino-alcohol motifs (C(OH)–C–C–N with tert-alkyl or cyclic N) is 1. The van der Waals surface area contributed by atoms with E-state index in [2.05, 4.69) is 25.7 Å². The lowest BCUT2D eigenvalue weighted by molar-refractivity contribution is -0.0124. The van der Waals surface area contributed by atoms with Gasteiger partial charge in [-0.2, -0.15) is 0 Å². The molecule has 1 aliphatic heterocycles. The highest BCUT2D eigenvalue weighted by Gasteiger charge is 2.28. The number of rotatable bonds is 4. The summed E-state index contributed by atoms with van der Waals surface area (Å²) in [5.74, 6) is 0. The van der Waals surface area contributed by atoms with E-state index in [4.69, 9.17) is 0 Å². The lowest BCUT2D eigenvalue weighted by atomic mass is 9.96. The summed E-state index contributed by atoms with van der Waals surface area (Å²) in [6.45, 7) is 8.51. The van der Waals surface area contributed by atoms with Crippen molar-refractivity contribution in [2.24, 2.45) is 0 Å². The highest BCUT2D eigenvalue weighted by atomic mass is 16.3. The monoisotopic (exact) mass is 213 g/mol. The molecule has 2 heteroatoms. The first-order valence-corrected chi connectivity index (χ1v) is 6.57. The molecule has 1 atom stereocenters. The summed E-state index contributed by atoms with van der Waals surface area (Å²) in [5.41, 5.74) is -0.460. The minimum absolute atomic E-state index is 0.460. The quantitative estimate of drug-likeness (QED) is 0.776. The largest absolute Gasteiger partial charge is 0.389 e. The Balaban J connectivity index is 2.53. The Labute approximate surface area is 94.7 Å². The molecule has 1 N–H and O–H groups in total. The van der Waals surface area contributed by atoms with Crippen LogP contribution in [0, 0.1) is 0 Å². The third-order valence-electron chi connectivity index (χ3n) is 4.00. The van der Waals surface area contributed by atoms with Crippen LogP contribution in [0.5, 0.6) is 0 Å². The molecular formula is C13H27NO. The predicted molar refractivity (Wildman–Crippen MR) is 65.0 cm³/mol. The summed E-state index contributed by atoms with van der Waals surface area (Å²) in [6.07, 6.45) is 7.04. The maximum absolute atomic E-state index is 10.3. The summed E-state index contributed by atoms with van der Waals surface area (Å²) < 4.78 is 0. The molecule has 1 rings (SSSR count). The van der Waals surface area contributed by atoms with Crippen LogP contribution in [0.3, 0.4) is 0 Å². The van der Waals surface area contributed by atoms with Crippen LogP contribution in [0.2, 0.25) is 0 Å². The Kier molecular flexibility index (Phi) is 5.07. The summed E-state index contributed by atoms with van der Waals surface area (Å²) in [5, 5.41) is 10.3.